The van der Waals surface area contributed by atoms with Crippen LogP contribution in [0.2, 0.25) is 0 Å². The average molecular weight is 183 g/mol. The van der Waals surface area contributed by atoms with Gasteiger partial charge in [0, 0.05) is 19.5 Å². The van der Waals surface area contributed by atoms with Crippen LogP contribution in [0.5, 0.6) is 0 Å². The molecule has 1 amide bonds. The van der Waals surface area contributed by atoms with E-state index in [9.17, 15) is 4.79 Å². The van der Waals surface area contributed by atoms with Gasteiger partial charge in [0.2, 0.25) is 5.91 Å². The van der Waals surface area contributed by atoms with Crippen LogP contribution in [0.4, 0.5) is 0 Å². The molecule has 76 valence electrons. The van der Waals surface area contributed by atoms with E-state index in [2.05, 4.69) is 20.8 Å². The van der Waals surface area contributed by atoms with Crippen LogP contribution in [-0.4, -0.2) is 23.9 Å². The molecule has 0 aromatic rings. The summed E-state index contributed by atoms with van der Waals surface area (Å²) in [5.74, 6) is 1.65. The van der Waals surface area contributed by atoms with E-state index < -0.39 is 0 Å². The van der Waals surface area contributed by atoms with Gasteiger partial charge in [-0.3, -0.25) is 4.79 Å². The highest BCUT2D eigenvalue weighted by molar-refractivity contribution is 5.77. The normalized spacial score (nSPS) is 24.2. The van der Waals surface area contributed by atoms with Gasteiger partial charge in [0.15, 0.2) is 0 Å². The molecule has 2 heteroatoms. The van der Waals surface area contributed by atoms with Crippen LogP contribution in [0.25, 0.3) is 0 Å². The highest BCUT2D eigenvalue weighted by Crippen LogP contribution is 2.25. The van der Waals surface area contributed by atoms with E-state index in [0.29, 0.717) is 17.7 Å². The quantitative estimate of drug-likeness (QED) is 0.657. The smallest absolute Gasteiger partial charge is 0.222 e. The predicted octanol–water partition coefficient (Wildman–Crippen LogP) is 2.29. The zero-order valence-corrected chi connectivity index (χ0v) is 9.05. The predicted molar refractivity (Wildman–Crippen MR) is 54.4 cm³/mol. The van der Waals surface area contributed by atoms with Crippen LogP contribution in [0, 0.1) is 11.8 Å². The van der Waals surface area contributed by atoms with Crippen LogP contribution < -0.4 is 0 Å². The number of carbonyl (C=O) groups is 1. The van der Waals surface area contributed by atoms with Crippen molar-refractivity contribution in [2.24, 2.45) is 11.8 Å². The molecule has 0 bridgehead atoms. The van der Waals surface area contributed by atoms with Gasteiger partial charge < -0.3 is 4.90 Å². The van der Waals surface area contributed by atoms with Crippen molar-refractivity contribution in [3.63, 3.8) is 0 Å². The van der Waals surface area contributed by atoms with E-state index >= 15 is 0 Å². The molecule has 1 saturated heterocycles. The molecule has 0 radical (unpaired) electrons. The lowest BCUT2D eigenvalue weighted by Crippen LogP contribution is -2.40. The maximum absolute atomic E-state index is 11.6. The lowest BCUT2D eigenvalue weighted by Gasteiger charge is -2.33. The van der Waals surface area contributed by atoms with Crippen molar-refractivity contribution in [2.75, 3.05) is 13.1 Å². The number of hydrogen-bond donors (Lipinski definition) is 0. The lowest BCUT2D eigenvalue weighted by molar-refractivity contribution is -0.135. The van der Waals surface area contributed by atoms with Gasteiger partial charge in [-0.15, -0.1) is 0 Å². The van der Waals surface area contributed by atoms with E-state index in [0.717, 1.165) is 25.9 Å². The minimum absolute atomic E-state index is 0.367. The number of nitrogens with zero attached hydrogens (tertiary/aromatic N) is 1. The fraction of sp³-hybridized carbons (Fsp3) is 0.909. The topological polar surface area (TPSA) is 20.3 Å². The third-order valence-electron chi connectivity index (χ3n) is 3.00. The maximum Gasteiger partial charge on any atom is 0.222 e. The molecule has 0 aromatic heterocycles. The van der Waals surface area contributed by atoms with Gasteiger partial charge in [-0.2, -0.15) is 0 Å². The van der Waals surface area contributed by atoms with Gasteiger partial charge in [-0.25, -0.2) is 0 Å². The second-order valence-electron chi connectivity index (χ2n) is 4.38. The summed E-state index contributed by atoms with van der Waals surface area (Å²) in [7, 11) is 0. The Morgan fingerprint density at radius 2 is 2.23 bits per heavy atom. The summed E-state index contributed by atoms with van der Waals surface area (Å²) < 4.78 is 0. The third kappa shape index (κ3) is 2.71. The summed E-state index contributed by atoms with van der Waals surface area (Å²) >= 11 is 0. The second kappa shape index (κ2) is 4.64. The molecular formula is C11H21NO. The number of likely N-dealkylation sites (tertiary alicyclic amines) is 1. The van der Waals surface area contributed by atoms with Crippen LogP contribution in [0.3, 0.4) is 0 Å². The highest BCUT2D eigenvalue weighted by Gasteiger charge is 2.26. The van der Waals surface area contributed by atoms with Gasteiger partial charge >= 0.3 is 0 Å². The summed E-state index contributed by atoms with van der Waals surface area (Å²) in [5.41, 5.74) is 0. The van der Waals surface area contributed by atoms with Crippen molar-refractivity contribution in [1.82, 2.24) is 4.90 Å². The zero-order valence-electron chi connectivity index (χ0n) is 9.05. The Balaban J connectivity index is 2.42. The number of piperidine rings is 1. The van der Waals surface area contributed by atoms with Crippen LogP contribution >= 0.6 is 0 Å². The first-order valence-electron chi connectivity index (χ1n) is 5.43. The van der Waals surface area contributed by atoms with E-state index in [1.807, 2.05) is 4.90 Å². The third-order valence-corrected chi connectivity index (χ3v) is 3.00. The van der Waals surface area contributed by atoms with E-state index in [4.69, 9.17) is 0 Å². The summed E-state index contributed by atoms with van der Waals surface area (Å²) in [4.78, 5) is 13.6. The van der Waals surface area contributed by atoms with Crippen LogP contribution in [0.1, 0.15) is 40.0 Å². The first kappa shape index (κ1) is 10.6. The van der Waals surface area contributed by atoms with Gasteiger partial charge in [-0.05, 0) is 24.7 Å². The average Bonchev–Trinajstić information content (AvgIpc) is 2.08. The van der Waals surface area contributed by atoms with E-state index in [-0.39, 0.29) is 0 Å². The Bertz CT molecular complexity index is 177. The zero-order chi connectivity index (χ0) is 9.84. The Kier molecular flexibility index (Phi) is 3.76. The van der Waals surface area contributed by atoms with Gasteiger partial charge in [-0.1, -0.05) is 20.8 Å². The second-order valence-corrected chi connectivity index (χ2v) is 4.38. The van der Waals surface area contributed by atoms with Crippen LogP contribution in [0.15, 0.2) is 0 Å². The van der Waals surface area contributed by atoms with Crippen molar-refractivity contribution < 1.29 is 4.79 Å². The molecule has 0 spiro atoms. The van der Waals surface area contributed by atoms with Crippen LogP contribution in [-0.2, 0) is 4.79 Å². The SMILES string of the molecule is CCCN1CCC(C(C)C)CC1=O. The molecule has 0 saturated carbocycles. The molecular weight excluding hydrogens is 162 g/mol. The number of rotatable bonds is 3. The molecule has 1 heterocycles. The fourth-order valence-corrected chi connectivity index (χ4v) is 1.98. The molecule has 13 heavy (non-hydrogen) atoms. The van der Waals surface area contributed by atoms with Gasteiger partial charge in [0.1, 0.15) is 0 Å². The molecule has 1 aliphatic heterocycles. The molecule has 2 nitrogen and oxygen atoms in total. The Hall–Kier alpha value is -0.530. The standard InChI is InChI=1S/C11H21NO/c1-4-6-12-7-5-10(9(2)3)8-11(12)13/h9-10H,4-8H2,1-3H3. The Labute approximate surface area is 81.3 Å². The molecule has 1 aliphatic rings. The fourth-order valence-electron chi connectivity index (χ4n) is 1.98. The summed E-state index contributed by atoms with van der Waals surface area (Å²) in [6.07, 6.45) is 3.05. The minimum Gasteiger partial charge on any atom is -0.343 e. The van der Waals surface area contributed by atoms with E-state index in [1.165, 1.54) is 6.42 Å². The van der Waals surface area contributed by atoms with Crippen molar-refractivity contribution in [3.05, 3.63) is 0 Å². The number of amides is 1. The largest absolute Gasteiger partial charge is 0.343 e. The molecule has 1 unspecified atom stereocenters. The van der Waals surface area contributed by atoms with Crippen molar-refractivity contribution in [3.8, 4) is 0 Å². The maximum atomic E-state index is 11.6. The molecule has 1 atom stereocenters. The molecule has 0 aliphatic carbocycles. The van der Waals surface area contributed by atoms with Gasteiger partial charge in [0.05, 0.1) is 0 Å². The summed E-state index contributed by atoms with van der Waals surface area (Å²) in [6, 6.07) is 0. The first-order chi connectivity index (χ1) is 6.15. The molecule has 0 N–H and O–H groups in total. The minimum atomic E-state index is 0.367. The monoisotopic (exact) mass is 183 g/mol. The van der Waals surface area contributed by atoms with Crippen molar-refractivity contribution in [1.29, 1.82) is 0 Å². The lowest BCUT2D eigenvalue weighted by atomic mass is 9.86. The Morgan fingerprint density at radius 3 is 2.69 bits per heavy atom. The molecule has 1 fully saturated rings. The first-order valence-corrected chi connectivity index (χ1v) is 5.43. The van der Waals surface area contributed by atoms with Crippen molar-refractivity contribution in [2.45, 2.75) is 40.0 Å². The summed E-state index contributed by atoms with van der Waals surface area (Å²) in [5, 5.41) is 0. The molecule has 1 rings (SSSR count). The van der Waals surface area contributed by atoms with E-state index in [1.54, 1.807) is 0 Å². The summed E-state index contributed by atoms with van der Waals surface area (Å²) in [6.45, 7) is 8.49. The highest BCUT2D eigenvalue weighted by atomic mass is 16.2. The number of hydrogen-bond acceptors (Lipinski definition) is 1. The van der Waals surface area contributed by atoms with Crippen molar-refractivity contribution >= 4 is 5.91 Å². The molecule has 0 aromatic carbocycles. The number of carbonyl (C=O) groups excluding carboxylic acids is 1. The Morgan fingerprint density at radius 1 is 1.54 bits per heavy atom. The van der Waals surface area contributed by atoms with Gasteiger partial charge in [0.25, 0.3) is 0 Å².